The van der Waals surface area contributed by atoms with Crippen molar-refractivity contribution >= 4 is 27.3 Å². The van der Waals surface area contributed by atoms with Gasteiger partial charge in [-0.05, 0) is 73.2 Å². The summed E-state index contributed by atoms with van der Waals surface area (Å²) < 4.78 is 33.1. The number of nitrogens with zero attached hydrogens (tertiary/aromatic N) is 1. The largest absolute Gasteiger partial charge is 0.494 e. The van der Waals surface area contributed by atoms with E-state index in [0.29, 0.717) is 30.2 Å². The van der Waals surface area contributed by atoms with Crippen LogP contribution in [0.1, 0.15) is 22.8 Å². The highest BCUT2D eigenvalue weighted by Gasteiger charge is 2.15. The molecule has 3 rings (SSSR count). The second-order valence-corrected chi connectivity index (χ2v) is 9.01. The van der Waals surface area contributed by atoms with Crippen LogP contribution in [0.3, 0.4) is 0 Å². The summed E-state index contributed by atoms with van der Waals surface area (Å²) in [5, 5.41) is 2.85. The molecule has 0 spiro atoms. The zero-order valence-corrected chi connectivity index (χ0v) is 19.1. The summed E-state index contributed by atoms with van der Waals surface area (Å²) in [5.41, 5.74) is 2.86. The third-order valence-corrected chi connectivity index (χ3v) is 6.15. The van der Waals surface area contributed by atoms with Crippen LogP contribution in [0.4, 0.5) is 11.4 Å². The van der Waals surface area contributed by atoms with Gasteiger partial charge >= 0.3 is 0 Å². The molecule has 0 radical (unpaired) electrons. The predicted molar refractivity (Wildman–Crippen MR) is 127 cm³/mol. The SMILES string of the molecule is CCOc1ccc(NS(=O)(=O)c2ccc(C(=O)NCc3ccc(N(C)C)cc3)cc2)cc1. The highest BCUT2D eigenvalue weighted by Crippen LogP contribution is 2.20. The van der Waals surface area contributed by atoms with E-state index < -0.39 is 10.0 Å². The number of carbonyl (C=O) groups excluding carboxylic acids is 1. The van der Waals surface area contributed by atoms with Gasteiger partial charge in [0.15, 0.2) is 0 Å². The molecule has 0 heterocycles. The van der Waals surface area contributed by atoms with Crippen LogP contribution in [0.25, 0.3) is 0 Å². The molecule has 0 aromatic heterocycles. The minimum absolute atomic E-state index is 0.0715. The van der Waals surface area contributed by atoms with Gasteiger partial charge in [-0.3, -0.25) is 9.52 Å². The van der Waals surface area contributed by atoms with E-state index in [9.17, 15) is 13.2 Å². The monoisotopic (exact) mass is 453 g/mol. The molecule has 2 N–H and O–H groups in total. The fourth-order valence-corrected chi connectivity index (χ4v) is 4.04. The predicted octanol–water partition coefficient (Wildman–Crippen LogP) is 3.88. The molecule has 0 aliphatic rings. The van der Waals surface area contributed by atoms with E-state index in [0.717, 1.165) is 11.3 Å². The number of ether oxygens (including phenoxy) is 1. The first-order valence-corrected chi connectivity index (χ1v) is 11.7. The summed E-state index contributed by atoms with van der Waals surface area (Å²) in [6.45, 7) is 2.79. The lowest BCUT2D eigenvalue weighted by atomic mass is 10.2. The normalized spacial score (nSPS) is 11.0. The Hall–Kier alpha value is -3.52. The molecule has 0 unspecified atom stereocenters. The van der Waals surface area contributed by atoms with Gasteiger partial charge in [-0.2, -0.15) is 0 Å². The number of rotatable bonds is 9. The van der Waals surface area contributed by atoms with Crippen molar-refractivity contribution in [3.63, 3.8) is 0 Å². The van der Waals surface area contributed by atoms with Gasteiger partial charge in [-0.25, -0.2) is 8.42 Å². The number of carbonyl (C=O) groups is 1. The van der Waals surface area contributed by atoms with E-state index in [1.807, 2.05) is 50.2 Å². The maximum absolute atomic E-state index is 12.6. The first-order chi connectivity index (χ1) is 15.3. The van der Waals surface area contributed by atoms with E-state index in [1.54, 1.807) is 24.3 Å². The van der Waals surface area contributed by atoms with Crippen LogP contribution in [0.15, 0.2) is 77.7 Å². The topological polar surface area (TPSA) is 87.7 Å². The van der Waals surface area contributed by atoms with Gasteiger partial charge in [-0.1, -0.05) is 12.1 Å². The zero-order valence-electron chi connectivity index (χ0n) is 18.3. The smallest absolute Gasteiger partial charge is 0.261 e. The lowest BCUT2D eigenvalue weighted by molar-refractivity contribution is 0.0951. The molecule has 168 valence electrons. The Morgan fingerprint density at radius 3 is 2.09 bits per heavy atom. The molecule has 3 aromatic carbocycles. The fraction of sp³-hybridized carbons (Fsp3) is 0.208. The van der Waals surface area contributed by atoms with E-state index in [-0.39, 0.29) is 10.8 Å². The molecule has 32 heavy (non-hydrogen) atoms. The summed E-state index contributed by atoms with van der Waals surface area (Å²) >= 11 is 0. The molecule has 0 atom stereocenters. The van der Waals surface area contributed by atoms with Gasteiger partial charge in [0, 0.05) is 37.6 Å². The van der Waals surface area contributed by atoms with Crippen molar-refractivity contribution in [2.75, 3.05) is 30.3 Å². The van der Waals surface area contributed by atoms with Crippen molar-refractivity contribution in [1.82, 2.24) is 5.32 Å². The van der Waals surface area contributed by atoms with Crippen LogP contribution in [-0.4, -0.2) is 35.0 Å². The van der Waals surface area contributed by atoms with E-state index in [4.69, 9.17) is 4.74 Å². The van der Waals surface area contributed by atoms with Crippen LogP contribution < -0.4 is 19.7 Å². The van der Waals surface area contributed by atoms with Crippen molar-refractivity contribution in [2.45, 2.75) is 18.4 Å². The molecule has 0 aliphatic carbocycles. The average Bonchev–Trinajstić information content (AvgIpc) is 2.79. The number of hydrogen-bond donors (Lipinski definition) is 2. The molecule has 0 saturated carbocycles. The van der Waals surface area contributed by atoms with Gasteiger partial charge in [0.1, 0.15) is 5.75 Å². The van der Waals surface area contributed by atoms with Crippen LogP contribution in [0.5, 0.6) is 5.75 Å². The highest BCUT2D eigenvalue weighted by atomic mass is 32.2. The number of benzene rings is 3. The Labute approximate surface area is 189 Å². The number of nitrogens with one attached hydrogen (secondary N) is 2. The lowest BCUT2D eigenvalue weighted by Gasteiger charge is -2.13. The average molecular weight is 454 g/mol. The number of sulfonamides is 1. The Kier molecular flexibility index (Phi) is 7.37. The first kappa shape index (κ1) is 23.1. The van der Waals surface area contributed by atoms with Crippen molar-refractivity contribution in [3.8, 4) is 5.75 Å². The van der Waals surface area contributed by atoms with Crippen molar-refractivity contribution < 1.29 is 17.9 Å². The van der Waals surface area contributed by atoms with Gasteiger partial charge in [0.25, 0.3) is 15.9 Å². The summed E-state index contributed by atoms with van der Waals surface area (Å²) in [6, 6.07) is 20.4. The van der Waals surface area contributed by atoms with Gasteiger partial charge in [0.05, 0.1) is 11.5 Å². The molecule has 8 heteroatoms. The van der Waals surface area contributed by atoms with Crippen LogP contribution in [-0.2, 0) is 16.6 Å². The molecule has 3 aromatic rings. The maximum atomic E-state index is 12.6. The Morgan fingerprint density at radius 2 is 1.53 bits per heavy atom. The van der Waals surface area contributed by atoms with Crippen LogP contribution >= 0.6 is 0 Å². The first-order valence-electron chi connectivity index (χ1n) is 10.2. The molecule has 1 amide bonds. The molecular formula is C24H27N3O4S. The second kappa shape index (κ2) is 10.2. The molecule has 0 fully saturated rings. The molecular weight excluding hydrogens is 426 g/mol. The maximum Gasteiger partial charge on any atom is 0.261 e. The second-order valence-electron chi connectivity index (χ2n) is 7.33. The number of hydrogen-bond acceptors (Lipinski definition) is 5. The van der Waals surface area contributed by atoms with Crippen LogP contribution in [0.2, 0.25) is 0 Å². The molecule has 0 aliphatic heterocycles. The Bertz CT molecular complexity index is 1140. The zero-order chi connectivity index (χ0) is 23.1. The van der Waals surface area contributed by atoms with Gasteiger partial charge in [0.2, 0.25) is 0 Å². The lowest BCUT2D eigenvalue weighted by Crippen LogP contribution is -2.23. The van der Waals surface area contributed by atoms with E-state index in [1.165, 1.54) is 24.3 Å². The van der Waals surface area contributed by atoms with Gasteiger partial charge in [-0.15, -0.1) is 0 Å². The Morgan fingerprint density at radius 1 is 0.906 bits per heavy atom. The quantitative estimate of drug-likeness (QED) is 0.513. The standard InChI is InChI=1S/C24H27N3O4S/c1-4-31-22-13-9-20(10-14-22)26-32(29,30)23-15-7-19(8-16-23)24(28)25-17-18-5-11-21(12-6-18)27(2)3/h5-16,26H,4,17H2,1-3H3,(H,25,28). The Balaban J connectivity index is 1.60. The van der Waals surface area contributed by atoms with E-state index in [2.05, 4.69) is 10.0 Å². The van der Waals surface area contributed by atoms with Crippen molar-refractivity contribution in [3.05, 3.63) is 83.9 Å². The number of amides is 1. The summed E-state index contributed by atoms with van der Waals surface area (Å²) in [7, 11) is 0.159. The summed E-state index contributed by atoms with van der Waals surface area (Å²) in [5.74, 6) is 0.393. The number of anilines is 2. The van der Waals surface area contributed by atoms with E-state index >= 15 is 0 Å². The summed E-state index contributed by atoms with van der Waals surface area (Å²) in [4.78, 5) is 14.5. The van der Waals surface area contributed by atoms with Gasteiger partial charge < -0.3 is 15.0 Å². The third-order valence-electron chi connectivity index (χ3n) is 4.75. The fourth-order valence-electron chi connectivity index (χ4n) is 2.98. The minimum atomic E-state index is -3.77. The van der Waals surface area contributed by atoms with Crippen LogP contribution in [0, 0.1) is 0 Å². The molecule has 7 nitrogen and oxygen atoms in total. The van der Waals surface area contributed by atoms with Crippen molar-refractivity contribution in [1.29, 1.82) is 0 Å². The third kappa shape index (κ3) is 6.01. The minimum Gasteiger partial charge on any atom is -0.494 e. The molecule has 0 saturated heterocycles. The van der Waals surface area contributed by atoms with Crippen molar-refractivity contribution in [2.24, 2.45) is 0 Å². The summed E-state index contributed by atoms with van der Waals surface area (Å²) in [6.07, 6.45) is 0. The molecule has 0 bridgehead atoms. The highest BCUT2D eigenvalue weighted by molar-refractivity contribution is 7.92.